The Morgan fingerprint density at radius 1 is 1.35 bits per heavy atom. The summed E-state index contributed by atoms with van der Waals surface area (Å²) < 4.78 is 8.36. The number of rotatable bonds is 2. The second-order valence-corrected chi connectivity index (χ2v) is 4.59. The van der Waals surface area contributed by atoms with Gasteiger partial charge in [0.05, 0.1) is 5.57 Å². The van der Waals surface area contributed by atoms with Crippen molar-refractivity contribution in [2.75, 3.05) is 0 Å². The van der Waals surface area contributed by atoms with Gasteiger partial charge in [-0.3, -0.25) is 4.79 Å². The number of alkyl halides is 1. The van der Waals surface area contributed by atoms with E-state index in [-0.39, 0.29) is 0 Å². The Bertz CT molecular complexity index is 494. The number of carbonyl (C=O) groups is 2. The molecule has 0 radical (unpaired) electrons. The van der Waals surface area contributed by atoms with Gasteiger partial charge in [0.2, 0.25) is 0 Å². The standard InChI is InChI=1S/C12H9BrO4/c1-8(14)16-12(13)7-10(11(15)17-12)9-5-3-2-4-6-9/h2-7H,1H3. The molecule has 88 valence electrons. The fraction of sp³-hybridized carbons (Fsp3) is 0.167. The SMILES string of the molecule is CC(=O)OC1(Br)C=C(c2ccccc2)C(=O)O1. The molecule has 0 aliphatic carbocycles. The van der Waals surface area contributed by atoms with Crippen molar-refractivity contribution in [3.63, 3.8) is 0 Å². The molecule has 1 heterocycles. The minimum absolute atomic E-state index is 0.365. The summed E-state index contributed by atoms with van der Waals surface area (Å²) in [5.41, 5.74) is 1.08. The van der Waals surface area contributed by atoms with Gasteiger partial charge >= 0.3 is 16.6 Å². The van der Waals surface area contributed by atoms with Gasteiger partial charge < -0.3 is 9.47 Å². The van der Waals surface area contributed by atoms with Crippen molar-refractivity contribution < 1.29 is 19.1 Å². The Kier molecular flexibility index (Phi) is 3.02. The molecule has 1 aromatic rings. The van der Waals surface area contributed by atoms with Crippen molar-refractivity contribution >= 4 is 33.4 Å². The third-order valence-electron chi connectivity index (χ3n) is 2.14. The average molecular weight is 297 g/mol. The van der Waals surface area contributed by atoms with Gasteiger partial charge in [0.15, 0.2) is 0 Å². The number of hydrogen-bond donors (Lipinski definition) is 0. The summed E-state index contributed by atoms with van der Waals surface area (Å²) in [6.07, 6.45) is 1.44. The van der Waals surface area contributed by atoms with E-state index in [1.165, 1.54) is 13.0 Å². The highest BCUT2D eigenvalue weighted by Crippen LogP contribution is 2.36. The predicted molar refractivity (Wildman–Crippen MR) is 63.9 cm³/mol. The van der Waals surface area contributed by atoms with Crippen LogP contribution in [-0.2, 0) is 19.1 Å². The maximum absolute atomic E-state index is 11.7. The molecule has 0 bridgehead atoms. The smallest absolute Gasteiger partial charge is 0.342 e. The van der Waals surface area contributed by atoms with Gasteiger partial charge in [-0.05, 0) is 5.56 Å². The van der Waals surface area contributed by atoms with Crippen LogP contribution < -0.4 is 0 Å². The van der Waals surface area contributed by atoms with E-state index >= 15 is 0 Å². The van der Waals surface area contributed by atoms with E-state index in [0.717, 1.165) is 0 Å². The van der Waals surface area contributed by atoms with Gasteiger partial charge in [0.1, 0.15) is 0 Å². The lowest BCUT2D eigenvalue weighted by Gasteiger charge is -2.17. The van der Waals surface area contributed by atoms with Crippen molar-refractivity contribution in [1.82, 2.24) is 0 Å². The summed E-state index contributed by atoms with van der Waals surface area (Å²) in [5.74, 6) is -1.07. The molecular weight excluding hydrogens is 288 g/mol. The first-order valence-corrected chi connectivity index (χ1v) is 5.69. The zero-order chi connectivity index (χ0) is 12.5. The zero-order valence-corrected chi connectivity index (χ0v) is 10.6. The lowest BCUT2D eigenvalue weighted by atomic mass is 10.1. The number of hydrogen-bond acceptors (Lipinski definition) is 4. The minimum atomic E-state index is -1.49. The van der Waals surface area contributed by atoms with E-state index in [4.69, 9.17) is 9.47 Å². The first-order valence-electron chi connectivity index (χ1n) is 4.90. The third kappa shape index (κ3) is 2.55. The Morgan fingerprint density at radius 2 is 2.00 bits per heavy atom. The van der Waals surface area contributed by atoms with E-state index in [1.807, 2.05) is 18.2 Å². The molecule has 0 fully saturated rings. The molecular formula is C12H9BrO4. The molecule has 4 nitrogen and oxygen atoms in total. The van der Waals surface area contributed by atoms with Crippen molar-refractivity contribution in [3.05, 3.63) is 42.0 Å². The van der Waals surface area contributed by atoms with Crippen LogP contribution in [0.4, 0.5) is 0 Å². The van der Waals surface area contributed by atoms with Crippen LogP contribution in [0.2, 0.25) is 0 Å². The zero-order valence-electron chi connectivity index (χ0n) is 8.98. The molecule has 1 aromatic carbocycles. The lowest BCUT2D eigenvalue weighted by molar-refractivity contribution is -0.176. The van der Waals surface area contributed by atoms with E-state index in [1.54, 1.807) is 12.1 Å². The minimum Gasteiger partial charge on any atom is -0.409 e. The fourth-order valence-corrected chi connectivity index (χ4v) is 2.11. The topological polar surface area (TPSA) is 52.6 Å². The molecule has 1 aliphatic heterocycles. The molecule has 0 saturated heterocycles. The number of benzene rings is 1. The first-order chi connectivity index (χ1) is 8.00. The maximum atomic E-state index is 11.7. The maximum Gasteiger partial charge on any atom is 0.342 e. The highest BCUT2D eigenvalue weighted by atomic mass is 79.9. The Morgan fingerprint density at radius 3 is 2.59 bits per heavy atom. The molecule has 0 aromatic heterocycles. The molecule has 0 saturated carbocycles. The number of halogens is 1. The van der Waals surface area contributed by atoms with E-state index < -0.39 is 16.6 Å². The summed E-state index contributed by atoms with van der Waals surface area (Å²) in [4.78, 5) is 22.5. The van der Waals surface area contributed by atoms with Gasteiger partial charge in [0, 0.05) is 28.9 Å². The largest absolute Gasteiger partial charge is 0.409 e. The van der Waals surface area contributed by atoms with Crippen LogP contribution >= 0.6 is 15.9 Å². The summed E-state index contributed by atoms with van der Waals surface area (Å²) in [6, 6.07) is 9.02. The summed E-state index contributed by atoms with van der Waals surface area (Å²) >= 11 is 3.06. The Balaban J connectivity index is 2.33. The van der Waals surface area contributed by atoms with E-state index in [2.05, 4.69) is 15.9 Å². The molecule has 0 N–H and O–H groups in total. The van der Waals surface area contributed by atoms with Crippen molar-refractivity contribution in [1.29, 1.82) is 0 Å². The monoisotopic (exact) mass is 296 g/mol. The molecule has 1 aliphatic rings. The van der Waals surface area contributed by atoms with Crippen LogP contribution in [0.5, 0.6) is 0 Å². The van der Waals surface area contributed by atoms with Crippen LogP contribution in [0, 0.1) is 0 Å². The van der Waals surface area contributed by atoms with Crippen molar-refractivity contribution in [2.24, 2.45) is 0 Å². The fourth-order valence-electron chi connectivity index (χ4n) is 1.51. The van der Waals surface area contributed by atoms with Crippen molar-refractivity contribution in [2.45, 2.75) is 11.6 Å². The predicted octanol–water partition coefficient (Wildman–Crippen LogP) is 2.24. The summed E-state index contributed by atoms with van der Waals surface area (Å²) in [7, 11) is 0. The number of ether oxygens (including phenoxy) is 2. The van der Waals surface area contributed by atoms with Crippen LogP contribution in [0.3, 0.4) is 0 Å². The molecule has 17 heavy (non-hydrogen) atoms. The molecule has 0 spiro atoms. The van der Waals surface area contributed by atoms with E-state index in [0.29, 0.717) is 11.1 Å². The van der Waals surface area contributed by atoms with Crippen LogP contribution in [0.15, 0.2) is 36.4 Å². The van der Waals surface area contributed by atoms with Gasteiger partial charge in [-0.15, -0.1) is 0 Å². The van der Waals surface area contributed by atoms with Crippen LogP contribution in [0.25, 0.3) is 5.57 Å². The molecule has 5 heteroatoms. The van der Waals surface area contributed by atoms with Crippen LogP contribution in [-0.4, -0.2) is 16.6 Å². The Hall–Kier alpha value is -1.62. The first kappa shape index (κ1) is 11.9. The number of cyclic esters (lactones) is 1. The second-order valence-electron chi connectivity index (χ2n) is 3.49. The lowest BCUT2D eigenvalue weighted by Crippen LogP contribution is -2.26. The van der Waals surface area contributed by atoms with Gasteiger partial charge in [-0.2, -0.15) is 0 Å². The third-order valence-corrected chi connectivity index (χ3v) is 2.69. The number of esters is 2. The number of carbonyl (C=O) groups excluding carboxylic acids is 2. The molecule has 2 rings (SSSR count). The van der Waals surface area contributed by atoms with E-state index in [9.17, 15) is 9.59 Å². The summed E-state index contributed by atoms with van der Waals surface area (Å²) in [5, 5.41) is 0. The van der Waals surface area contributed by atoms with Gasteiger partial charge in [-0.1, -0.05) is 30.3 Å². The quantitative estimate of drug-likeness (QED) is 0.620. The van der Waals surface area contributed by atoms with Gasteiger partial charge in [-0.25, -0.2) is 4.79 Å². The van der Waals surface area contributed by atoms with Gasteiger partial charge in [0.25, 0.3) is 0 Å². The van der Waals surface area contributed by atoms with Crippen LogP contribution in [0.1, 0.15) is 12.5 Å². The average Bonchev–Trinajstić information content (AvgIpc) is 2.54. The summed E-state index contributed by atoms with van der Waals surface area (Å²) in [6.45, 7) is 1.24. The molecule has 1 unspecified atom stereocenters. The highest BCUT2D eigenvalue weighted by Gasteiger charge is 2.41. The Labute approximate surface area is 106 Å². The molecule has 0 amide bonds. The second kappa shape index (κ2) is 4.33. The normalized spacial score (nSPS) is 22.9. The highest BCUT2D eigenvalue weighted by molar-refractivity contribution is 9.10. The molecule has 1 atom stereocenters. The van der Waals surface area contributed by atoms with Crippen molar-refractivity contribution in [3.8, 4) is 0 Å².